The van der Waals surface area contributed by atoms with Crippen LogP contribution in [0.15, 0.2) is 48.5 Å². The number of benzene rings is 2. The third-order valence-corrected chi connectivity index (χ3v) is 3.57. The van der Waals surface area contributed by atoms with Crippen molar-refractivity contribution < 1.29 is 26.3 Å². The number of hydrogen-bond donors (Lipinski definition) is 2. The molecule has 0 bridgehead atoms. The largest absolute Gasteiger partial charge is 0.416 e. The fourth-order valence-electron chi connectivity index (χ4n) is 2.31. The molecule has 0 saturated heterocycles. The van der Waals surface area contributed by atoms with Gasteiger partial charge in [-0.1, -0.05) is 30.3 Å². The molecule has 0 saturated carbocycles. The van der Waals surface area contributed by atoms with E-state index in [4.69, 9.17) is 5.73 Å². The molecule has 1 unspecified atom stereocenters. The van der Waals surface area contributed by atoms with Crippen LogP contribution in [0.5, 0.6) is 0 Å². The zero-order valence-corrected chi connectivity index (χ0v) is 13.0. The zero-order valence-electron chi connectivity index (χ0n) is 13.0. The highest BCUT2D eigenvalue weighted by molar-refractivity contribution is 5.33. The van der Waals surface area contributed by atoms with Crippen molar-refractivity contribution in [2.75, 3.05) is 6.54 Å². The molecule has 2 nitrogen and oxygen atoms in total. The molecule has 0 aliphatic rings. The van der Waals surface area contributed by atoms with Crippen molar-refractivity contribution in [3.8, 4) is 0 Å². The fraction of sp³-hybridized carbons (Fsp3) is 0.294. The van der Waals surface area contributed by atoms with Crippen molar-refractivity contribution in [3.63, 3.8) is 0 Å². The molecule has 0 amide bonds. The first-order chi connectivity index (χ1) is 11.6. The van der Waals surface area contributed by atoms with Crippen LogP contribution in [0.4, 0.5) is 26.3 Å². The highest BCUT2D eigenvalue weighted by atomic mass is 19.4. The summed E-state index contributed by atoms with van der Waals surface area (Å²) in [4.78, 5) is 0. The van der Waals surface area contributed by atoms with E-state index in [0.29, 0.717) is 12.1 Å². The molecule has 0 aliphatic heterocycles. The van der Waals surface area contributed by atoms with Gasteiger partial charge in [0.1, 0.15) is 0 Å². The van der Waals surface area contributed by atoms with E-state index in [1.165, 1.54) is 0 Å². The fourth-order valence-corrected chi connectivity index (χ4v) is 2.31. The van der Waals surface area contributed by atoms with Crippen molar-refractivity contribution in [1.29, 1.82) is 0 Å². The molecule has 0 aliphatic carbocycles. The van der Waals surface area contributed by atoms with E-state index in [0.717, 1.165) is 5.56 Å². The number of nitrogens with one attached hydrogen (secondary N) is 1. The average Bonchev–Trinajstić information content (AvgIpc) is 2.53. The lowest BCUT2D eigenvalue weighted by molar-refractivity contribution is -0.143. The Kier molecular flexibility index (Phi) is 5.74. The Bertz CT molecular complexity index is 662. The van der Waals surface area contributed by atoms with Crippen molar-refractivity contribution in [2.45, 2.75) is 24.9 Å². The summed E-state index contributed by atoms with van der Waals surface area (Å²) < 4.78 is 76.8. The summed E-state index contributed by atoms with van der Waals surface area (Å²) in [5.74, 6) is 0. The smallest absolute Gasteiger partial charge is 0.323 e. The molecule has 8 heteroatoms. The van der Waals surface area contributed by atoms with Gasteiger partial charge in [-0.25, -0.2) is 0 Å². The van der Waals surface area contributed by atoms with E-state index in [9.17, 15) is 26.3 Å². The highest BCUT2D eigenvalue weighted by Gasteiger charge is 2.36. The first-order valence-corrected chi connectivity index (χ1v) is 7.37. The summed E-state index contributed by atoms with van der Waals surface area (Å²) in [7, 11) is 0. The Morgan fingerprint density at radius 2 is 1.36 bits per heavy atom. The molecule has 0 radical (unpaired) electrons. The molecule has 0 aromatic heterocycles. The number of hydrogen-bond acceptors (Lipinski definition) is 2. The Balaban J connectivity index is 2.11. The lowest BCUT2D eigenvalue weighted by Crippen LogP contribution is -2.26. The Morgan fingerprint density at radius 1 is 0.840 bits per heavy atom. The van der Waals surface area contributed by atoms with Crippen molar-refractivity contribution in [1.82, 2.24) is 5.32 Å². The van der Waals surface area contributed by atoms with Gasteiger partial charge in [-0.15, -0.1) is 0 Å². The molecule has 25 heavy (non-hydrogen) atoms. The van der Waals surface area contributed by atoms with Crippen LogP contribution >= 0.6 is 0 Å². The average molecular weight is 362 g/mol. The van der Waals surface area contributed by atoms with Gasteiger partial charge in [-0.3, -0.25) is 0 Å². The molecule has 0 heterocycles. The summed E-state index contributed by atoms with van der Waals surface area (Å²) >= 11 is 0. The van der Waals surface area contributed by atoms with E-state index < -0.39 is 29.5 Å². The SMILES string of the molecule is NC(CNCc1cc(C(F)(F)F)cc(C(F)(F)F)c1)c1ccccc1. The Morgan fingerprint density at radius 3 is 1.84 bits per heavy atom. The number of nitrogens with two attached hydrogens (primary N) is 1. The summed E-state index contributed by atoms with van der Waals surface area (Å²) in [6.07, 6.45) is -9.70. The molecule has 3 N–H and O–H groups in total. The maximum absolute atomic E-state index is 12.8. The molecule has 1 atom stereocenters. The van der Waals surface area contributed by atoms with Crippen LogP contribution in [0.2, 0.25) is 0 Å². The van der Waals surface area contributed by atoms with Gasteiger partial charge in [0.05, 0.1) is 11.1 Å². The monoisotopic (exact) mass is 362 g/mol. The normalized spacial score (nSPS) is 13.7. The topological polar surface area (TPSA) is 38.0 Å². The molecule has 0 spiro atoms. The van der Waals surface area contributed by atoms with Crippen LogP contribution in [0, 0.1) is 0 Å². The van der Waals surface area contributed by atoms with Gasteiger partial charge in [0, 0.05) is 19.1 Å². The van der Waals surface area contributed by atoms with Crippen LogP contribution < -0.4 is 11.1 Å². The van der Waals surface area contributed by atoms with E-state index in [-0.39, 0.29) is 24.7 Å². The number of alkyl halides is 6. The van der Waals surface area contributed by atoms with E-state index >= 15 is 0 Å². The lowest BCUT2D eigenvalue weighted by Gasteiger charge is -2.16. The summed E-state index contributed by atoms with van der Waals surface area (Å²) in [6.45, 7) is 0.0507. The summed E-state index contributed by atoms with van der Waals surface area (Å²) in [5.41, 5.74) is 3.99. The molecule has 2 aromatic rings. The minimum absolute atomic E-state index is 0.109. The van der Waals surface area contributed by atoms with Crippen LogP contribution in [-0.2, 0) is 18.9 Å². The van der Waals surface area contributed by atoms with Crippen molar-refractivity contribution in [3.05, 3.63) is 70.8 Å². The first kappa shape index (κ1) is 19.3. The van der Waals surface area contributed by atoms with Gasteiger partial charge in [0.15, 0.2) is 0 Å². The molecule has 2 rings (SSSR count). The molecular formula is C17H16F6N2. The molecular weight excluding hydrogens is 346 g/mol. The molecule has 136 valence electrons. The predicted molar refractivity (Wildman–Crippen MR) is 81.5 cm³/mol. The minimum Gasteiger partial charge on any atom is -0.323 e. The van der Waals surface area contributed by atoms with Crippen molar-refractivity contribution in [2.24, 2.45) is 5.73 Å². The van der Waals surface area contributed by atoms with Gasteiger partial charge >= 0.3 is 12.4 Å². The highest BCUT2D eigenvalue weighted by Crippen LogP contribution is 2.36. The maximum atomic E-state index is 12.8. The second-order valence-electron chi connectivity index (χ2n) is 5.56. The third-order valence-electron chi connectivity index (χ3n) is 3.57. The first-order valence-electron chi connectivity index (χ1n) is 7.37. The summed E-state index contributed by atoms with van der Waals surface area (Å²) in [5, 5.41) is 2.80. The predicted octanol–water partition coefficient (Wildman–Crippen LogP) is 4.51. The van der Waals surface area contributed by atoms with E-state index in [1.54, 1.807) is 24.3 Å². The molecule has 2 aromatic carbocycles. The standard InChI is InChI=1S/C17H16F6N2/c18-16(19,20)13-6-11(7-14(8-13)17(21,22)23)9-25-10-15(24)12-4-2-1-3-5-12/h1-8,15,25H,9-10,24H2. The van der Waals surface area contributed by atoms with Gasteiger partial charge < -0.3 is 11.1 Å². The second-order valence-corrected chi connectivity index (χ2v) is 5.56. The van der Waals surface area contributed by atoms with Crippen LogP contribution in [0.25, 0.3) is 0 Å². The summed E-state index contributed by atoms with van der Waals surface area (Å²) in [6, 6.07) is 10.1. The van der Waals surface area contributed by atoms with Gasteiger partial charge in [-0.05, 0) is 29.3 Å². The van der Waals surface area contributed by atoms with Gasteiger partial charge in [-0.2, -0.15) is 26.3 Å². The quantitative estimate of drug-likeness (QED) is 0.768. The van der Waals surface area contributed by atoms with Crippen LogP contribution in [0.3, 0.4) is 0 Å². The Labute approximate surface area is 140 Å². The second kappa shape index (κ2) is 7.45. The zero-order chi connectivity index (χ0) is 18.7. The third kappa shape index (κ3) is 5.47. The van der Waals surface area contributed by atoms with E-state index in [1.807, 2.05) is 6.07 Å². The van der Waals surface area contributed by atoms with Crippen LogP contribution in [0.1, 0.15) is 28.3 Å². The van der Waals surface area contributed by atoms with E-state index in [2.05, 4.69) is 5.32 Å². The van der Waals surface area contributed by atoms with Crippen LogP contribution in [-0.4, -0.2) is 6.54 Å². The lowest BCUT2D eigenvalue weighted by atomic mass is 10.0. The van der Waals surface area contributed by atoms with Crippen molar-refractivity contribution >= 4 is 0 Å². The minimum atomic E-state index is -4.85. The maximum Gasteiger partial charge on any atom is 0.416 e. The van der Waals surface area contributed by atoms with Gasteiger partial charge in [0.2, 0.25) is 0 Å². The van der Waals surface area contributed by atoms with Gasteiger partial charge in [0.25, 0.3) is 0 Å². The number of halogens is 6. The Hall–Kier alpha value is -2.06. The molecule has 0 fully saturated rings. The number of rotatable bonds is 5.